The molecule has 11 heteroatoms. The number of carboxylic acid groups (broad SMARTS) is 2. The molecule has 0 aromatic heterocycles. The number of hydrogen-bond acceptors (Lipinski definition) is 7. The molecule has 3 fully saturated rings. The molecule has 10 atom stereocenters. The second kappa shape index (κ2) is 8.82. The van der Waals surface area contributed by atoms with E-state index >= 15 is 4.39 Å². The van der Waals surface area contributed by atoms with Crippen LogP contribution in [0.2, 0.25) is 0 Å². The molecule has 0 heterocycles. The van der Waals surface area contributed by atoms with Gasteiger partial charge in [-0.2, -0.15) is 0 Å². The highest BCUT2D eigenvalue weighted by molar-refractivity contribution is 9.12. The van der Waals surface area contributed by atoms with Gasteiger partial charge in [0.25, 0.3) is 0 Å². The summed E-state index contributed by atoms with van der Waals surface area (Å²) in [6.45, 7) is 3.32. The molecule has 0 aromatic rings. The van der Waals surface area contributed by atoms with Gasteiger partial charge in [-0.15, -0.1) is 0 Å². The van der Waals surface area contributed by atoms with E-state index in [-0.39, 0.29) is 41.5 Å². The average molecular weight is 573 g/mol. The van der Waals surface area contributed by atoms with Crippen molar-refractivity contribution in [3.05, 3.63) is 22.2 Å². The van der Waals surface area contributed by atoms with Crippen LogP contribution in [0.25, 0.3) is 0 Å². The molecule has 2 unspecified atom stereocenters. The summed E-state index contributed by atoms with van der Waals surface area (Å²) >= 11 is 3.23. The van der Waals surface area contributed by atoms with E-state index in [0.717, 1.165) is 0 Å². The number of carboxylic acids is 2. The summed E-state index contributed by atoms with van der Waals surface area (Å²) in [5, 5.41) is 51.6. The van der Waals surface area contributed by atoms with Gasteiger partial charge in [0.05, 0.1) is 22.4 Å². The first kappa shape index (κ1) is 27.1. The Hall–Kier alpha value is -1.95. The number of fused-ring (bicyclic) bond motifs is 5. The van der Waals surface area contributed by atoms with Crippen LogP contribution in [0.5, 0.6) is 0 Å². The summed E-state index contributed by atoms with van der Waals surface area (Å²) in [5.74, 6) is -6.24. The van der Waals surface area contributed by atoms with Crippen molar-refractivity contribution >= 4 is 39.4 Å². The average Bonchev–Trinajstić information content (AvgIpc) is 3.06. The smallest absolute Gasteiger partial charge is 0.333 e. The van der Waals surface area contributed by atoms with Gasteiger partial charge < -0.3 is 25.5 Å². The van der Waals surface area contributed by atoms with Crippen LogP contribution in [0, 0.1) is 34.0 Å². The molecule has 0 spiro atoms. The van der Waals surface area contributed by atoms with E-state index in [9.17, 15) is 39.6 Å². The maximum absolute atomic E-state index is 15.6. The molecule has 0 radical (unpaired) electrons. The van der Waals surface area contributed by atoms with E-state index in [1.807, 2.05) is 0 Å². The third-order valence-corrected chi connectivity index (χ3v) is 10.2. The van der Waals surface area contributed by atoms with Crippen LogP contribution < -0.4 is 0 Å². The van der Waals surface area contributed by atoms with Gasteiger partial charge in [-0.25, -0.2) is 9.18 Å². The number of aliphatic carboxylic acids is 2. The largest absolute Gasteiger partial charge is 0.481 e. The minimum Gasteiger partial charge on any atom is -0.481 e. The second-order valence-electron chi connectivity index (χ2n) is 11.2. The van der Waals surface area contributed by atoms with E-state index in [1.54, 1.807) is 19.9 Å². The first-order valence-electron chi connectivity index (χ1n) is 11.9. The molecule has 0 saturated heterocycles. The third-order valence-electron chi connectivity index (χ3n) is 9.60. The zero-order chi connectivity index (χ0) is 27.0. The Balaban J connectivity index is 1.83. The molecule has 4 aliphatic rings. The normalized spacial score (nSPS) is 43.3. The predicted molar refractivity (Wildman–Crippen MR) is 125 cm³/mol. The lowest BCUT2D eigenvalue weighted by Gasteiger charge is -2.61. The van der Waals surface area contributed by atoms with Crippen LogP contribution in [0.15, 0.2) is 22.2 Å². The number of carbonyl (C=O) groups is 4. The van der Waals surface area contributed by atoms with Crippen molar-refractivity contribution in [1.82, 2.24) is 0 Å². The number of hydrogen-bond donors (Lipinski definition) is 5. The zero-order valence-corrected chi connectivity index (χ0v) is 21.4. The van der Waals surface area contributed by atoms with Crippen molar-refractivity contribution in [1.29, 1.82) is 0 Å². The Morgan fingerprint density at radius 2 is 1.86 bits per heavy atom. The highest BCUT2D eigenvalue weighted by Gasteiger charge is 2.72. The van der Waals surface area contributed by atoms with Gasteiger partial charge in [-0.1, -0.05) is 19.9 Å². The number of halogens is 2. The molecule has 0 aromatic carbocycles. The van der Waals surface area contributed by atoms with Crippen LogP contribution >= 0.6 is 15.9 Å². The van der Waals surface area contributed by atoms with Gasteiger partial charge in [-0.05, 0) is 70.5 Å². The zero-order valence-electron chi connectivity index (χ0n) is 19.9. The minimum absolute atomic E-state index is 0.0622. The number of carbonyl (C=O) groups excluding carboxylic acids is 2. The molecule has 0 amide bonds. The minimum atomic E-state index is -2.26. The van der Waals surface area contributed by atoms with Crippen LogP contribution in [0.3, 0.4) is 0 Å². The van der Waals surface area contributed by atoms with Crippen LogP contribution in [0.4, 0.5) is 4.39 Å². The van der Waals surface area contributed by atoms with Gasteiger partial charge in [0.15, 0.2) is 17.7 Å². The van der Waals surface area contributed by atoms with Crippen LogP contribution in [-0.4, -0.2) is 73.5 Å². The van der Waals surface area contributed by atoms with E-state index in [2.05, 4.69) is 15.9 Å². The standard InChI is InChI=1S/C25H30BrFO9/c1-23-8-13(26)15(28)6-12(23)14(27)5-10-11-3-4-25(21(34)22(35)36,20(33)16(29)7-18(31)32)24(11,2)9-17(30)19(10)23/h6,8,10-11,14,16-17,19,21,29-30,34H,3-5,7,9H2,1-2H3,(H,31,32)(H,35,36)/t10-,11-,14+,16?,17-,19-,21?,23-,24-,25+/m0/s1. The van der Waals surface area contributed by atoms with Crippen molar-refractivity contribution in [2.24, 2.45) is 34.0 Å². The van der Waals surface area contributed by atoms with E-state index in [1.165, 1.54) is 6.08 Å². The lowest BCUT2D eigenvalue weighted by molar-refractivity contribution is -0.192. The fourth-order valence-corrected chi connectivity index (χ4v) is 8.80. The highest BCUT2D eigenvalue weighted by atomic mass is 79.9. The van der Waals surface area contributed by atoms with Crippen molar-refractivity contribution in [2.75, 3.05) is 0 Å². The van der Waals surface area contributed by atoms with Crippen LogP contribution in [0.1, 0.15) is 46.0 Å². The number of Topliss-reactive ketones (excluding diaryl/α,β-unsaturated/α-hetero) is 1. The Morgan fingerprint density at radius 3 is 2.44 bits per heavy atom. The lowest BCUT2D eigenvalue weighted by atomic mass is 9.43. The summed E-state index contributed by atoms with van der Waals surface area (Å²) in [7, 11) is 0. The maximum Gasteiger partial charge on any atom is 0.333 e. The van der Waals surface area contributed by atoms with Gasteiger partial charge in [-0.3, -0.25) is 14.4 Å². The number of alkyl halides is 1. The van der Waals surface area contributed by atoms with Gasteiger partial charge >= 0.3 is 11.9 Å². The van der Waals surface area contributed by atoms with Crippen molar-refractivity contribution < 1.29 is 49.1 Å². The summed E-state index contributed by atoms with van der Waals surface area (Å²) in [6.07, 6.45) is -5.24. The monoisotopic (exact) mass is 572 g/mol. The molecule has 0 bridgehead atoms. The fourth-order valence-electron chi connectivity index (χ4n) is 8.21. The molecule has 4 rings (SSSR count). The lowest BCUT2D eigenvalue weighted by Crippen LogP contribution is -2.64. The van der Waals surface area contributed by atoms with Gasteiger partial charge in [0.2, 0.25) is 0 Å². The van der Waals surface area contributed by atoms with E-state index in [4.69, 9.17) is 5.11 Å². The van der Waals surface area contributed by atoms with E-state index < -0.39 is 82.6 Å². The Morgan fingerprint density at radius 1 is 1.22 bits per heavy atom. The molecule has 3 saturated carbocycles. The summed E-state index contributed by atoms with van der Waals surface area (Å²) in [4.78, 5) is 49.0. The predicted octanol–water partition coefficient (Wildman–Crippen LogP) is 1.77. The van der Waals surface area contributed by atoms with E-state index in [0.29, 0.717) is 0 Å². The summed E-state index contributed by atoms with van der Waals surface area (Å²) < 4.78 is 15.8. The van der Waals surface area contributed by atoms with Crippen molar-refractivity contribution in [2.45, 2.75) is 70.4 Å². The Kier molecular flexibility index (Phi) is 6.64. The summed E-state index contributed by atoms with van der Waals surface area (Å²) in [5.41, 5.74) is -4.20. The molecule has 36 heavy (non-hydrogen) atoms. The molecular formula is C25H30BrFO9. The molecule has 9 nitrogen and oxygen atoms in total. The molecule has 0 aliphatic heterocycles. The summed E-state index contributed by atoms with van der Waals surface area (Å²) in [6, 6.07) is 0. The van der Waals surface area contributed by atoms with Crippen LogP contribution in [-0.2, 0) is 19.2 Å². The topological polar surface area (TPSA) is 169 Å². The van der Waals surface area contributed by atoms with Gasteiger partial charge in [0, 0.05) is 11.3 Å². The number of ketones is 2. The molecule has 5 N–H and O–H groups in total. The second-order valence-corrected chi connectivity index (χ2v) is 12.0. The Labute approximate surface area is 215 Å². The highest BCUT2D eigenvalue weighted by Crippen LogP contribution is 2.71. The number of aliphatic hydroxyl groups is 3. The first-order valence-corrected chi connectivity index (χ1v) is 12.7. The maximum atomic E-state index is 15.6. The van der Waals surface area contributed by atoms with Crippen molar-refractivity contribution in [3.8, 4) is 0 Å². The molecule has 4 aliphatic carbocycles. The number of rotatable bonds is 6. The number of aliphatic hydroxyl groups excluding tert-OH is 3. The third kappa shape index (κ3) is 3.57. The molecule has 198 valence electrons. The quantitative estimate of drug-likeness (QED) is 0.318. The SMILES string of the molecule is C[C@]12C=C(Br)C(=O)C=C1[C@H](F)C[C@@H]1[C@H]2[C@@H](O)C[C@@]2(C)[C@H]1CC[C@@]2(C(=O)C(O)CC(=O)O)C(O)C(=O)O. The first-order chi connectivity index (χ1) is 16.6. The molecular weight excluding hydrogens is 543 g/mol. The fraction of sp³-hybridized carbons (Fsp3) is 0.680. The van der Waals surface area contributed by atoms with Crippen molar-refractivity contribution in [3.63, 3.8) is 0 Å². The Bertz CT molecular complexity index is 1090. The van der Waals surface area contributed by atoms with Gasteiger partial charge in [0.1, 0.15) is 12.3 Å². The number of allylic oxidation sites excluding steroid dienone is 4.